The molecule has 4 heteroatoms. The molecular formula is C22H33ClN2O. The molecule has 1 heterocycles. The van der Waals surface area contributed by atoms with Gasteiger partial charge in [-0.25, -0.2) is 0 Å². The van der Waals surface area contributed by atoms with E-state index in [1.807, 2.05) is 0 Å². The van der Waals surface area contributed by atoms with E-state index >= 15 is 0 Å². The first-order valence-electron chi connectivity index (χ1n) is 10.3. The molecule has 3 fully saturated rings. The van der Waals surface area contributed by atoms with Gasteiger partial charge < -0.3 is 10.6 Å². The lowest BCUT2D eigenvalue weighted by atomic mass is 9.64. The summed E-state index contributed by atoms with van der Waals surface area (Å²) in [7, 11) is 0. The lowest BCUT2D eigenvalue weighted by molar-refractivity contribution is -0.142. The fraction of sp³-hybridized carbons (Fsp3) is 0.682. The second-order valence-electron chi connectivity index (χ2n) is 8.65. The molecule has 1 aromatic rings. The van der Waals surface area contributed by atoms with Crippen LogP contribution in [0.5, 0.6) is 0 Å². The Bertz CT molecular complexity index is 603. The Morgan fingerprint density at radius 2 is 1.65 bits per heavy atom. The van der Waals surface area contributed by atoms with Crippen LogP contribution in [0.1, 0.15) is 68.5 Å². The van der Waals surface area contributed by atoms with Crippen molar-refractivity contribution < 1.29 is 4.79 Å². The third-order valence-corrected chi connectivity index (χ3v) is 7.01. The predicted octanol–water partition coefficient (Wildman–Crippen LogP) is 4.62. The number of halogens is 1. The van der Waals surface area contributed by atoms with E-state index in [1.54, 1.807) is 0 Å². The van der Waals surface area contributed by atoms with Crippen LogP contribution in [0, 0.1) is 24.7 Å². The van der Waals surface area contributed by atoms with Gasteiger partial charge in [0.25, 0.3) is 0 Å². The van der Waals surface area contributed by atoms with E-state index < -0.39 is 0 Å². The summed E-state index contributed by atoms with van der Waals surface area (Å²) in [6, 6.07) is 9.41. The highest BCUT2D eigenvalue weighted by Crippen LogP contribution is 2.43. The number of hydrogen-bond acceptors (Lipinski definition) is 2. The van der Waals surface area contributed by atoms with Gasteiger partial charge in [0.2, 0.25) is 5.91 Å². The molecule has 0 aromatic heterocycles. The molecule has 26 heavy (non-hydrogen) atoms. The minimum absolute atomic E-state index is 0. The van der Waals surface area contributed by atoms with Crippen LogP contribution in [0.25, 0.3) is 0 Å². The van der Waals surface area contributed by atoms with Gasteiger partial charge in [0.15, 0.2) is 0 Å². The van der Waals surface area contributed by atoms with Crippen molar-refractivity contribution in [2.75, 3.05) is 6.54 Å². The molecule has 2 bridgehead atoms. The number of nitrogens with two attached hydrogens (primary N) is 1. The van der Waals surface area contributed by atoms with E-state index in [-0.39, 0.29) is 24.4 Å². The zero-order chi connectivity index (χ0) is 17.4. The predicted molar refractivity (Wildman–Crippen MR) is 108 cm³/mol. The van der Waals surface area contributed by atoms with Crippen molar-refractivity contribution in [1.29, 1.82) is 0 Å². The van der Waals surface area contributed by atoms with Crippen LogP contribution in [0.15, 0.2) is 24.3 Å². The second-order valence-corrected chi connectivity index (χ2v) is 8.65. The molecule has 2 aliphatic carbocycles. The Balaban J connectivity index is 0.00000196. The maximum atomic E-state index is 13.4. The number of amides is 1. The monoisotopic (exact) mass is 376 g/mol. The molecule has 1 amide bonds. The summed E-state index contributed by atoms with van der Waals surface area (Å²) in [5.41, 5.74) is 9.03. The van der Waals surface area contributed by atoms with E-state index in [1.165, 1.54) is 36.8 Å². The largest absolute Gasteiger partial charge is 0.335 e. The van der Waals surface area contributed by atoms with Crippen LogP contribution in [0.2, 0.25) is 0 Å². The number of benzene rings is 1. The van der Waals surface area contributed by atoms with Crippen LogP contribution >= 0.6 is 12.4 Å². The van der Waals surface area contributed by atoms with Crippen LogP contribution < -0.4 is 5.73 Å². The van der Waals surface area contributed by atoms with Crippen LogP contribution in [-0.2, 0) is 4.79 Å². The minimum atomic E-state index is 0. The van der Waals surface area contributed by atoms with Gasteiger partial charge in [-0.3, -0.25) is 4.79 Å². The van der Waals surface area contributed by atoms with Gasteiger partial charge in [-0.1, -0.05) is 36.2 Å². The molecule has 1 aliphatic heterocycles. The van der Waals surface area contributed by atoms with E-state index in [4.69, 9.17) is 5.73 Å². The Morgan fingerprint density at radius 1 is 1.00 bits per heavy atom. The van der Waals surface area contributed by atoms with Gasteiger partial charge in [0.05, 0.1) is 6.04 Å². The van der Waals surface area contributed by atoms with Crippen molar-refractivity contribution in [3.8, 4) is 0 Å². The summed E-state index contributed by atoms with van der Waals surface area (Å²) in [5, 5.41) is 0. The summed E-state index contributed by atoms with van der Waals surface area (Å²) in [5.74, 6) is 1.77. The normalized spacial score (nSPS) is 34.1. The highest BCUT2D eigenvalue weighted by atomic mass is 35.5. The van der Waals surface area contributed by atoms with Crippen molar-refractivity contribution in [3.63, 3.8) is 0 Å². The van der Waals surface area contributed by atoms with Crippen molar-refractivity contribution in [2.24, 2.45) is 23.5 Å². The van der Waals surface area contributed by atoms with Crippen LogP contribution in [0.3, 0.4) is 0 Å². The summed E-state index contributed by atoms with van der Waals surface area (Å²) in [6.45, 7) is 3.05. The summed E-state index contributed by atoms with van der Waals surface area (Å²) in [6.07, 6.45) is 9.27. The lowest BCUT2D eigenvalue weighted by Gasteiger charge is -2.46. The molecule has 144 valence electrons. The van der Waals surface area contributed by atoms with E-state index in [0.29, 0.717) is 23.8 Å². The van der Waals surface area contributed by atoms with E-state index in [9.17, 15) is 4.79 Å². The fourth-order valence-electron chi connectivity index (χ4n) is 5.56. The lowest BCUT2D eigenvalue weighted by Crippen LogP contribution is -2.50. The van der Waals surface area contributed by atoms with Crippen LogP contribution in [-0.4, -0.2) is 23.4 Å². The molecule has 0 spiro atoms. The molecule has 2 saturated carbocycles. The van der Waals surface area contributed by atoms with Crippen molar-refractivity contribution >= 4 is 18.3 Å². The topological polar surface area (TPSA) is 46.3 Å². The average Bonchev–Trinajstić information content (AvgIpc) is 2.62. The molecule has 2 N–H and O–H groups in total. The summed E-state index contributed by atoms with van der Waals surface area (Å²) < 4.78 is 0. The number of nitrogens with zero attached hydrogens (tertiary/aromatic N) is 1. The Morgan fingerprint density at radius 3 is 2.31 bits per heavy atom. The number of rotatable bonds is 2. The highest BCUT2D eigenvalue weighted by Gasteiger charge is 2.42. The number of piperidine rings is 1. The number of hydrogen-bond donors (Lipinski definition) is 1. The summed E-state index contributed by atoms with van der Waals surface area (Å²) >= 11 is 0. The van der Waals surface area contributed by atoms with E-state index in [2.05, 4.69) is 36.1 Å². The van der Waals surface area contributed by atoms with E-state index in [0.717, 1.165) is 32.2 Å². The maximum Gasteiger partial charge on any atom is 0.226 e. The Hall–Kier alpha value is -1.06. The molecule has 0 radical (unpaired) electrons. The van der Waals surface area contributed by atoms with Gasteiger partial charge in [0.1, 0.15) is 0 Å². The Labute approximate surface area is 164 Å². The minimum Gasteiger partial charge on any atom is -0.335 e. The third kappa shape index (κ3) is 3.80. The van der Waals surface area contributed by atoms with Crippen LogP contribution in [0.4, 0.5) is 0 Å². The highest BCUT2D eigenvalue weighted by molar-refractivity contribution is 5.85. The molecule has 3 unspecified atom stereocenters. The molecular weight excluding hydrogens is 344 g/mol. The second kappa shape index (κ2) is 8.31. The first-order chi connectivity index (χ1) is 12.1. The zero-order valence-electron chi connectivity index (χ0n) is 15.9. The smallest absolute Gasteiger partial charge is 0.226 e. The van der Waals surface area contributed by atoms with Crippen molar-refractivity contribution in [3.05, 3.63) is 35.4 Å². The maximum absolute atomic E-state index is 13.4. The van der Waals surface area contributed by atoms with Crippen molar-refractivity contribution in [2.45, 2.75) is 70.4 Å². The number of carbonyl (C=O) groups excluding carboxylic acids is 1. The SMILES string of the molecule is Cc1ccc(C2CCCCN2C(=O)C2CC3CCCC(C2)C3N)cc1.Cl. The van der Waals surface area contributed by atoms with Gasteiger partial charge >= 0.3 is 0 Å². The number of fused-ring (bicyclic) bond motifs is 2. The number of aryl methyl sites for hydroxylation is 1. The quantitative estimate of drug-likeness (QED) is 0.818. The standard InChI is InChI=1S/C22H32N2O.ClH/c1-15-8-10-16(11-9-15)20-7-2-3-12-24(20)22(25)19-13-17-5-4-6-18(14-19)21(17)23;/h8-11,17-21H,2-7,12-14,23H2,1H3;1H. The molecule has 3 nitrogen and oxygen atoms in total. The summed E-state index contributed by atoms with van der Waals surface area (Å²) in [4.78, 5) is 15.6. The van der Waals surface area contributed by atoms with Gasteiger partial charge in [-0.05, 0) is 69.3 Å². The van der Waals surface area contributed by atoms with Gasteiger partial charge in [-0.2, -0.15) is 0 Å². The first kappa shape index (κ1) is 19.7. The van der Waals surface area contributed by atoms with Gasteiger partial charge in [0, 0.05) is 18.5 Å². The van der Waals surface area contributed by atoms with Gasteiger partial charge in [-0.15, -0.1) is 12.4 Å². The first-order valence-corrected chi connectivity index (χ1v) is 10.3. The molecule has 4 rings (SSSR count). The third-order valence-electron chi connectivity index (χ3n) is 7.01. The molecule has 3 aliphatic rings. The van der Waals surface area contributed by atoms with Crippen molar-refractivity contribution in [1.82, 2.24) is 4.90 Å². The number of likely N-dealkylation sites (tertiary alicyclic amines) is 1. The molecule has 1 saturated heterocycles. The average molecular weight is 377 g/mol. The number of carbonyl (C=O) groups is 1. The fourth-order valence-corrected chi connectivity index (χ4v) is 5.56. The zero-order valence-corrected chi connectivity index (χ0v) is 16.7. The Kier molecular flexibility index (Phi) is 6.29. The molecule has 3 atom stereocenters. The molecule has 1 aromatic carbocycles.